The molecule has 0 radical (unpaired) electrons. The molecule has 8 nitrogen and oxygen atoms in total. The van der Waals surface area contributed by atoms with Crippen LogP contribution in [0, 0.1) is 0 Å². The molecule has 0 saturated heterocycles. The minimum atomic E-state index is -0.458. The molecule has 0 aliphatic carbocycles. The summed E-state index contributed by atoms with van der Waals surface area (Å²) in [7, 11) is 0. The Morgan fingerprint density at radius 1 is 1.09 bits per heavy atom. The van der Waals surface area contributed by atoms with E-state index in [1.54, 1.807) is 17.0 Å². The molecule has 35 heavy (non-hydrogen) atoms. The van der Waals surface area contributed by atoms with Crippen molar-refractivity contribution in [1.29, 1.82) is 0 Å². The summed E-state index contributed by atoms with van der Waals surface area (Å²) >= 11 is 6.02. The molecule has 1 N–H and O–H groups in total. The Bertz CT molecular complexity index is 1170. The predicted octanol–water partition coefficient (Wildman–Crippen LogP) is 5.71. The Morgan fingerprint density at radius 2 is 1.83 bits per heavy atom. The minimum Gasteiger partial charge on any atom is -0.494 e. The van der Waals surface area contributed by atoms with E-state index in [9.17, 15) is 4.79 Å². The standard InChI is InChI=1S/C26H29ClN4O4/c1-4-33-16-6-15-31-17(3)22(25-29-24(30-35-25)19-7-11-20(27)12-8-19)23(28-26(31)32)18-9-13-21(14-10-18)34-5-2/h7-14,23H,4-6,15-16H2,1-3H3,(H,28,32). The number of carbonyl (C=O) groups is 1. The number of halogens is 1. The molecule has 0 saturated carbocycles. The zero-order chi connectivity index (χ0) is 24.8. The van der Waals surface area contributed by atoms with E-state index in [2.05, 4.69) is 15.5 Å². The van der Waals surface area contributed by atoms with Gasteiger partial charge >= 0.3 is 6.03 Å². The van der Waals surface area contributed by atoms with Crippen LogP contribution >= 0.6 is 11.6 Å². The van der Waals surface area contributed by atoms with Crippen LogP contribution in [0.4, 0.5) is 4.79 Å². The predicted molar refractivity (Wildman–Crippen MR) is 134 cm³/mol. The average Bonchev–Trinajstić information content (AvgIpc) is 3.34. The summed E-state index contributed by atoms with van der Waals surface area (Å²) in [6, 6.07) is 14.2. The molecule has 2 amide bonds. The molecule has 1 atom stereocenters. The molecule has 2 aromatic carbocycles. The van der Waals surface area contributed by atoms with Crippen LogP contribution in [0.5, 0.6) is 5.75 Å². The lowest BCUT2D eigenvalue weighted by Crippen LogP contribution is -2.46. The van der Waals surface area contributed by atoms with Crippen molar-refractivity contribution < 1.29 is 18.8 Å². The van der Waals surface area contributed by atoms with Crippen molar-refractivity contribution >= 4 is 23.2 Å². The number of urea groups is 1. The van der Waals surface area contributed by atoms with Gasteiger partial charge in [0.1, 0.15) is 5.75 Å². The Hall–Kier alpha value is -3.36. The second-order valence-corrected chi connectivity index (χ2v) is 8.45. The molecule has 2 heterocycles. The topological polar surface area (TPSA) is 89.7 Å². The summed E-state index contributed by atoms with van der Waals surface area (Å²) in [5, 5.41) is 7.93. The number of amides is 2. The van der Waals surface area contributed by atoms with Gasteiger partial charge in [-0.05, 0) is 69.2 Å². The number of benzene rings is 2. The largest absolute Gasteiger partial charge is 0.494 e. The van der Waals surface area contributed by atoms with Gasteiger partial charge in [-0.1, -0.05) is 28.9 Å². The maximum atomic E-state index is 13.1. The van der Waals surface area contributed by atoms with Crippen molar-refractivity contribution in [3.05, 3.63) is 70.7 Å². The number of hydrogen-bond donors (Lipinski definition) is 1. The summed E-state index contributed by atoms with van der Waals surface area (Å²) < 4.78 is 16.7. The van der Waals surface area contributed by atoms with Crippen molar-refractivity contribution in [1.82, 2.24) is 20.4 Å². The van der Waals surface area contributed by atoms with Gasteiger partial charge in [0.15, 0.2) is 0 Å². The van der Waals surface area contributed by atoms with Crippen LogP contribution in [0.1, 0.15) is 44.7 Å². The first-order chi connectivity index (χ1) is 17.0. The normalized spacial score (nSPS) is 15.9. The Labute approximate surface area is 209 Å². The van der Waals surface area contributed by atoms with E-state index < -0.39 is 6.04 Å². The third-order valence-corrected chi connectivity index (χ3v) is 6.01. The number of aromatic nitrogens is 2. The number of allylic oxidation sites excluding steroid dienone is 1. The quantitative estimate of drug-likeness (QED) is 0.361. The molecule has 9 heteroatoms. The molecule has 0 spiro atoms. The molecule has 4 rings (SSSR count). The molecule has 1 aromatic heterocycles. The SMILES string of the molecule is CCOCCCN1C(=O)NC(c2ccc(OCC)cc2)C(c2nc(-c3ccc(Cl)cc3)no2)=C1C. The first kappa shape index (κ1) is 24.8. The monoisotopic (exact) mass is 496 g/mol. The van der Waals surface area contributed by atoms with Crippen LogP contribution in [0.3, 0.4) is 0 Å². The lowest BCUT2D eigenvalue weighted by molar-refractivity contribution is 0.136. The molecule has 3 aromatic rings. The number of rotatable bonds is 10. The van der Waals surface area contributed by atoms with Crippen molar-refractivity contribution in [2.24, 2.45) is 0 Å². The van der Waals surface area contributed by atoms with Gasteiger partial charge in [-0.3, -0.25) is 4.90 Å². The fourth-order valence-electron chi connectivity index (χ4n) is 4.02. The molecular weight excluding hydrogens is 468 g/mol. The van der Waals surface area contributed by atoms with Crippen LogP contribution in [-0.2, 0) is 4.74 Å². The highest BCUT2D eigenvalue weighted by Crippen LogP contribution is 2.38. The second-order valence-electron chi connectivity index (χ2n) is 8.02. The van der Waals surface area contributed by atoms with Crippen molar-refractivity contribution in [3.63, 3.8) is 0 Å². The number of nitrogens with one attached hydrogen (secondary N) is 1. The third-order valence-electron chi connectivity index (χ3n) is 5.75. The molecule has 184 valence electrons. The van der Waals surface area contributed by atoms with Crippen molar-refractivity contribution in [2.75, 3.05) is 26.4 Å². The van der Waals surface area contributed by atoms with Gasteiger partial charge in [0, 0.05) is 36.0 Å². The lowest BCUT2D eigenvalue weighted by atomic mass is 9.94. The molecular formula is C26H29ClN4O4. The van der Waals surface area contributed by atoms with Crippen LogP contribution in [0.2, 0.25) is 5.02 Å². The average molecular weight is 497 g/mol. The van der Waals surface area contributed by atoms with Gasteiger partial charge in [-0.2, -0.15) is 4.98 Å². The highest BCUT2D eigenvalue weighted by Gasteiger charge is 2.35. The zero-order valence-corrected chi connectivity index (χ0v) is 20.8. The Kier molecular flexibility index (Phi) is 8.05. The Balaban J connectivity index is 1.71. The summed E-state index contributed by atoms with van der Waals surface area (Å²) in [5.41, 5.74) is 3.18. The van der Waals surface area contributed by atoms with E-state index in [-0.39, 0.29) is 6.03 Å². The van der Waals surface area contributed by atoms with E-state index in [1.807, 2.05) is 57.2 Å². The summed E-state index contributed by atoms with van der Waals surface area (Å²) in [5.74, 6) is 1.56. The van der Waals surface area contributed by atoms with Gasteiger partial charge in [0.2, 0.25) is 5.82 Å². The zero-order valence-electron chi connectivity index (χ0n) is 20.1. The van der Waals surface area contributed by atoms with Crippen molar-refractivity contribution in [3.8, 4) is 17.1 Å². The fourth-order valence-corrected chi connectivity index (χ4v) is 4.14. The maximum Gasteiger partial charge on any atom is 0.322 e. The van der Waals surface area contributed by atoms with E-state index in [0.717, 1.165) is 28.1 Å². The summed E-state index contributed by atoms with van der Waals surface area (Å²) in [6.45, 7) is 8.10. The molecule has 1 aliphatic heterocycles. The van der Waals surface area contributed by atoms with Crippen LogP contribution in [0.15, 0.2) is 58.8 Å². The number of hydrogen-bond acceptors (Lipinski definition) is 6. The van der Waals surface area contributed by atoms with Crippen LogP contribution < -0.4 is 10.1 Å². The highest BCUT2D eigenvalue weighted by atomic mass is 35.5. The van der Waals surface area contributed by atoms with Gasteiger partial charge in [-0.15, -0.1) is 0 Å². The molecule has 1 unspecified atom stereocenters. The smallest absolute Gasteiger partial charge is 0.322 e. The maximum absolute atomic E-state index is 13.1. The summed E-state index contributed by atoms with van der Waals surface area (Å²) in [6.07, 6.45) is 0.708. The van der Waals surface area contributed by atoms with Crippen molar-refractivity contribution in [2.45, 2.75) is 33.2 Å². The highest BCUT2D eigenvalue weighted by molar-refractivity contribution is 6.30. The van der Waals surface area contributed by atoms with E-state index >= 15 is 0 Å². The van der Waals surface area contributed by atoms with E-state index in [1.165, 1.54) is 0 Å². The van der Waals surface area contributed by atoms with Gasteiger partial charge in [0.05, 0.1) is 18.2 Å². The van der Waals surface area contributed by atoms with Gasteiger partial charge < -0.3 is 19.3 Å². The number of carbonyl (C=O) groups excluding carboxylic acids is 1. The van der Waals surface area contributed by atoms with E-state index in [4.69, 9.17) is 25.6 Å². The van der Waals surface area contributed by atoms with E-state index in [0.29, 0.717) is 49.5 Å². The first-order valence-electron chi connectivity index (χ1n) is 11.7. The first-order valence-corrected chi connectivity index (χ1v) is 12.1. The van der Waals surface area contributed by atoms with Crippen LogP contribution in [0.25, 0.3) is 17.0 Å². The van der Waals surface area contributed by atoms with Gasteiger partial charge in [0.25, 0.3) is 5.89 Å². The molecule has 0 bridgehead atoms. The third kappa shape index (κ3) is 5.66. The second kappa shape index (κ2) is 11.4. The van der Waals surface area contributed by atoms with Gasteiger partial charge in [-0.25, -0.2) is 4.79 Å². The minimum absolute atomic E-state index is 0.181. The Morgan fingerprint density at radius 3 is 2.51 bits per heavy atom. The lowest BCUT2D eigenvalue weighted by Gasteiger charge is -2.35. The number of ether oxygens (including phenoxy) is 2. The molecule has 0 fully saturated rings. The molecule has 1 aliphatic rings. The summed E-state index contributed by atoms with van der Waals surface area (Å²) in [4.78, 5) is 19.5. The van der Waals surface area contributed by atoms with Crippen LogP contribution in [-0.4, -0.2) is 47.4 Å². The number of nitrogens with zero attached hydrogens (tertiary/aromatic N) is 3. The fraction of sp³-hybridized carbons (Fsp3) is 0.346.